The number of ether oxygens (including phenoxy) is 1. The topological polar surface area (TPSA) is 69.0 Å². The monoisotopic (exact) mass is 400 g/mol. The van der Waals surface area contributed by atoms with E-state index in [0.29, 0.717) is 24.9 Å². The Hall–Kier alpha value is -2.87. The Bertz CT molecular complexity index is 900. The van der Waals surface area contributed by atoms with Gasteiger partial charge in [-0.05, 0) is 36.8 Å². The number of hydrogen-bond donors (Lipinski definition) is 1. The van der Waals surface area contributed by atoms with Crippen molar-refractivity contribution >= 4 is 23.4 Å². The summed E-state index contributed by atoms with van der Waals surface area (Å²) < 4.78 is 20.0. The number of halogens is 1. The maximum atomic E-state index is 13.1. The minimum absolute atomic E-state index is 0.173. The van der Waals surface area contributed by atoms with E-state index in [1.165, 1.54) is 23.9 Å². The highest BCUT2D eigenvalue weighted by atomic mass is 32.2. The van der Waals surface area contributed by atoms with Crippen molar-refractivity contribution in [1.29, 1.82) is 0 Å². The van der Waals surface area contributed by atoms with E-state index in [0.717, 1.165) is 17.1 Å². The number of benzene rings is 2. The summed E-state index contributed by atoms with van der Waals surface area (Å²) >= 11 is 1.30. The summed E-state index contributed by atoms with van der Waals surface area (Å²) in [5.74, 6) is 0.328. The lowest BCUT2D eigenvalue weighted by atomic mass is 10.2. The molecule has 1 N–H and O–H groups in total. The van der Waals surface area contributed by atoms with Crippen LogP contribution >= 0.6 is 11.8 Å². The zero-order chi connectivity index (χ0) is 19.8. The van der Waals surface area contributed by atoms with Gasteiger partial charge in [0.25, 0.3) is 0 Å². The molecule has 2 aromatic carbocycles. The van der Waals surface area contributed by atoms with Gasteiger partial charge in [-0.25, -0.2) is 4.39 Å². The molecular formula is C20H21FN4O2S. The molecule has 0 amide bonds. The zero-order valence-electron chi connectivity index (χ0n) is 15.5. The number of nitrogens with zero attached hydrogens (tertiary/aromatic N) is 3. The largest absolute Gasteiger partial charge is 0.465 e. The summed E-state index contributed by atoms with van der Waals surface area (Å²) in [6, 6.07) is 16.1. The third kappa shape index (κ3) is 5.56. The molecule has 0 radical (unpaired) electrons. The van der Waals surface area contributed by atoms with Crippen LogP contribution in [0.1, 0.15) is 18.3 Å². The summed E-state index contributed by atoms with van der Waals surface area (Å²) in [5, 5.41) is 12.4. The number of nitrogens with one attached hydrogen (secondary N) is 1. The number of rotatable bonds is 9. The van der Waals surface area contributed by atoms with Crippen LogP contribution in [0.5, 0.6) is 0 Å². The Morgan fingerprint density at radius 1 is 1.14 bits per heavy atom. The fraction of sp³-hybridized carbons (Fsp3) is 0.250. The van der Waals surface area contributed by atoms with Gasteiger partial charge in [0.15, 0.2) is 11.0 Å². The lowest BCUT2D eigenvalue weighted by Crippen LogP contribution is -2.12. The number of aromatic nitrogens is 3. The first-order valence-electron chi connectivity index (χ1n) is 8.89. The molecule has 0 aliphatic heterocycles. The van der Waals surface area contributed by atoms with Crippen LogP contribution in [-0.4, -0.2) is 33.1 Å². The van der Waals surface area contributed by atoms with Crippen molar-refractivity contribution in [1.82, 2.24) is 14.8 Å². The number of carbonyl (C=O) groups excluding carboxylic acids is 1. The standard InChI is InChI=1S/C20H21FN4O2S/c1-2-27-19(26)14-28-20-24-23-18(12-22-17-10-8-16(21)9-11-17)25(20)13-15-6-4-3-5-7-15/h3-11,22H,2,12-14H2,1H3. The minimum Gasteiger partial charge on any atom is -0.465 e. The molecule has 0 atom stereocenters. The van der Waals surface area contributed by atoms with Crippen LogP contribution in [0.2, 0.25) is 0 Å². The van der Waals surface area contributed by atoms with Crippen LogP contribution < -0.4 is 5.32 Å². The van der Waals surface area contributed by atoms with Crippen LogP contribution in [0.15, 0.2) is 59.8 Å². The second-order valence-electron chi connectivity index (χ2n) is 5.92. The third-order valence-electron chi connectivity index (χ3n) is 3.90. The van der Waals surface area contributed by atoms with E-state index in [-0.39, 0.29) is 17.5 Å². The fourth-order valence-electron chi connectivity index (χ4n) is 2.56. The predicted octanol–water partition coefficient (Wildman–Crippen LogP) is 3.73. The van der Waals surface area contributed by atoms with Crippen molar-refractivity contribution < 1.29 is 13.9 Å². The molecule has 3 aromatic rings. The average molecular weight is 400 g/mol. The van der Waals surface area contributed by atoms with Crippen LogP contribution in [0.25, 0.3) is 0 Å². The molecule has 146 valence electrons. The first-order chi connectivity index (χ1) is 13.7. The number of hydrogen-bond acceptors (Lipinski definition) is 6. The molecule has 0 bridgehead atoms. The summed E-state index contributed by atoms with van der Waals surface area (Å²) in [6.45, 7) is 3.13. The summed E-state index contributed by atoms with van der Waals surface area (Å²) in [6.07, 6.45) is 0. The van der Waals surface area contributed by atoms with Gasteiger partial charge in [-0.15, -0.1) is 10.2 Å². The molecule has 0 fully saturated rings. The van der Waals surface area contributed by atoms with E-state index in [9.17, 15) is 9.18 Å². The maximum absolute atomic E-state index is 13.1. The van der Waals surface area contributed by atoms with Crippen molar-refractivity contribution in [3.8, 4) is 0 Å². The van der Waals surface area contributed by atoms with Crippen LogP contribution in [0.4, 0.5) is 10.1 Å². The quantitative estimate of drug-likeness (QED) is 0.436. The molecule has 0 aliphatic carbocycles. The summed E-state index contributed by atoms with van der Waals surface area (Å²) in [5.41, 5.74) is 1.89. The first-order valence-corrected chi connectivity index (χ1v) is 9.88. The number of carbonyl (C=O) groups is 1. The molecule has 0 spiro atoms. The minimum atomic E-state index is -0.284. The molecule has 0 saturated heterocycles. The number of anilines is 1. The van der Waals surface area contributed by atoms with Gasteiger partial charge in [-0.2, -0.15) is 0 Å². The van der Waals surface area contributed by atoms with Crippen molar-refractivity contribution in [2.45, 2.75) is 25.2 Å². The van der Waals surface area contributed by atoms with E-state index in [4.69, 9.17) is 4.74 Å². The first kappa shape index (κ1) is 19.9. The van der Waals surface area contributed by atoms with Gasteiger partial charge >= 0.3 is 5.97 Å². The van der Waals surface area contributed by atoms with Gasteiger partial charge in [0.1, 0.15) is 5.82 Å². The van der Waals surface area contributed by atoms with Gasteiger partial charge in [-0.3, -0.25) is 4.79 Å². The van der Waals surface area contributed by atoms with E-state index in [1.807, 2.05) is 34.9 Å². The molecule has 8 heteroatoms. The molecule has 0 aliphatic rings. The highest BCUT2D eigenvalue weighted by molar-refractivity contribution is 7.99. The lowest BCUT2D eigenvalue weighted by Gasteiger charge is -2.11. The highest BCUT2D eigenvalue weighted by Gasteiger charge is 2.15. The summed E-state index contributed by atoms with van der Waals surface area (Å²) in [7, 11) is 0. The second-order valence-corrected chi connectivity index (χ2v) is 6.87. The van der Waals surface area contributed by atoms with Gasteiger partial charge < -0.3 is 14.6 Å². The fourth-order valence-corrected chi connectivity index (χ4v) is 3.31. The summed E-state index contributed by atoms with van der Waals surface area (Å²) in [4.78, 5) is 11.7. The second kappa shape index (κ2) is 9.89. The Morgan fingerprint density at radius 3 is 2.61 bits per heavy atom. The molecule has 0 saturated carbocycles. The SMILES string of the molecule is CCOC(=O)CSc1nnc(CNc2ccc(F)cc2)n1Cc1ccccc1. The van der Waals surface area contributed by atoms with Crippen molar-refractivity contribution in [2.24, 2.45) is 0 Å². The smallest absolute Gasteiger partial charge is 0.316 e. The van der Waals surface area contributed by atoms with E-state index >= 15 is 0 Å². The Labute approximate surface area is 167 Å². The van der Waals surface area contributed by atoms with Gasteiger partial charge in [-0.1, -0.05) is 42.1 Å². The van der Waals surface area contributed by atoms with Gasteiger partial charge in [0.05, 0.1) is 25.4 Å². The van der Waals surface area contributed by atoms with Crippen molar-refractivity contribution in [3.63, 3.8) is 0 Å². The number of esters is 1. The molecule has 1 aromatic heterocycles. The Kier molecular flexibility index (Phi) is 7.02. The van der Waals surface area contributed by atoms with Crippen LogP contribution in [0.3, 0.4) is 0 Å². The predicted molar refractivity (Wildman–Crippen MR) is 107 cm³/mol. The maximum Gasteiger partial charge on any atom is 0.316 e. The highest BCUT2D eigenvalue weighted by Crippen LogP contribution is 2.20. The van der Waals surface area contributed by atoms with Crippen molar-refractivity contribution in [2.75, 3.05) is 17.7 Å². The Morgan fingerprint density at radius 2 is 1.89 bits per heavy atom. The molecule has 6 nitrogen and oxygen atoms in total. The lowest BCUT2D eigenvalue weighted by molar-refractivity contribution is -0.139. The van der Waals surface area contributed by atoms with Crippen molar-refractivity contribution in [3.05, 3.63) is 71.8 Å². The van der Waals surface area contributed by atoms with E-state index in [2.05, 4.69) is 15.5 Å². The van der Waals surface area contributed by atoms with Gasteiger partial charge in [0.2, 0.25) is 0 Å². The van der Waals surface area contributed by atoms with Crippen LogP contribution in [0, 0.1) is 5.82 Å². The van der Waals surface area contributed by atoms with Crippen LogP contribution in [-0.2, 0) is 22.6 Å². The zero-order valence-corrected chi connectivity index (χ0v) is 16.3. The molecular weight excluding hydrogens is 379 g/mol. The molecule has 3 rings (SSSR count). The Balaban J connectivity index is 1.75. The van der Waals surface area contributed by atoms with Gasteiger partial charge in [0, 0.05) is 5.69 Å². The molecule has 1 heterocycles. The molecule has 0 unspecified atom stereocenters. The normalized spacial score (nSPS) is 10.6. The molecule has 28 heavy (non-hydrogen) atoms. The van der Waals surface area contributed by atoms with E-state index in [1.54, 1.807) is 19.1 Å². The third-order valence-corrected chi connectivity index (χ3v) is 4.84. The van der Waals surface area contributed by atoms with E-state index < -0.39 is 0 Å². The average Bonchev–Trinajstić information content (AvgIpc) is 3.08. The number of thioether (sulfide) groups is 1.